The second kappa shape index (κ2) is 8.53. The van der Waals surface area contributed by atoms with Crippen LogP contribution in [0, 0.1) is 0 Å². The average Bonchev–Trinajstić information content (AvgIpc) is 2.72. The van der Waals surface area contributed by atoms with Crippen LogP contribution in [0.3, 0.4) is 0 Å². The van der Waals surface area contributed by atoms with Crippen LogP contribution in [0.1, 0.15) is 31.0 Å². The highest BCUT2D eigenvalue weighted by atomic mass is 16.5. The van der Waals surface area contributed by atoms with Crippen molar-refractivity contribution in [2.24, 2.45) is 0 Å². The number of carbonyl (C=O) groups is 2. The number of amides is 2. The molecule has 0 saturated heterocycles. The highest BCUT2D eigenvalue weighted by Gasteiger charge is 2.24. The summed E-state index contributed by atoms with van der Waals surface area (Å²) in [5, 5.41) is 2.12. The summed E-state index contributed by atoms with van der Waals surface area (Å²) in [4.78, 5) is 26.4. The van der Waals surface area contributed by atoms with Crippen LogP contribution in [0.2, 0.25) is 0 Å². The second-order valence-corrected chi connectivity index (χ2v) is 6.58. The first kappa shape index (κ1) is 19.4. The molecule has 4 heteroatoms. The molecule has 0 aliphatic heterocycles. The highest BCUT2D eigenvalue weighted by molar-refractivity contribution is 6.03. The Kier molecular flexibility index (Phi) is 5.90. The van der Waals surface area contributed by atoms with Gasteiger partial charge >= 0.3 is 0 Å². The van der Waals surface area contributed by atoms with E-state index in [1.54, 1.807) is 13.2 Å². The van der Waals surface area contributed by atoms with Crippen molar-refractivity contribution in [1.82, 2.24) is 4.90 Å². The molecule has 2 amide bonds. The molecule has 0 spiro atoms. The molecule has 0 saturated carbocycles. The van der Waals surface area contributed by atoms with Gasteiger partial charge in [-0.05, 0) is 47.0 Å². The normalized spacial score (nSPS) is 12.1. The molecule has 0 bridgehead atoms. The van der Waals surface area contributed by atoms with E-state index in [4.69, 9.17) is 4.74 Å². The highest BCUT2D eigenvalue weighted by Crippen LogP contribution is 2.28. The third kappa shape index (κ3) is 4.12. The van der Waals surface area contributed by atoms with Gasteiger partial charge in [-0.15, -0.1) is 0 Å². The van der Waals surface area contributed by atoms with Crippen LogP contribution < -0.4 is 4.74 Å². The fraction of sp³-hybridized carbons (Fsp3) is 0.167. The Bertz CT molecular complexity index is 1020. The number of ether oxygens (including phenoxy) is 1. The summed E-state index contributed by atoms with van der Waals surface area (Å²) in [6.45, 7) is 3.29. The van der Waals surface area contributed by atoms with Crippen LogP contribution in [0.5, 0.6) is 5.75 Å². The molecule has 0 heterocycles. The maximum atomic E-state index is 12.8. The van der Waals surface area contributed by atoms with Crippen LogP contribution >= 0.6 is 0 Å². The summed E-state index contributed by atoms with van der Waals surface area (Å²) < 4.78 is 5.14. The van der Waals surface area contributed by atoms with Gasteiger partial charge in [-0.2, -0.15) is 0 Å². The molecule has 3 aromatic rings. The van der Waals surface area contributed by atoms with E-state index < -0.39 is 0 Å². The third-order valence-corrected chi connectivity index (χ3v) is 4.77. The zero-order valence-electron chi connectivity index (χ0n) is 16.3. The summed E-state index contributed by atoms with van der Waals surface area (Å²) in [6.07, 6.45) is 3.14. The van der Waals surface area contributed by atoms with Crippen molar-refractivity contribution in [2.75, 3.05) is 7.11 Å². The number of nitrogens with zero attached hydrogens (tertiary/aromatic N) is 1. The van der Waals surface area contributed by atoms with Gasteiger partial charge in [0.2, 0.25) is 5.91 Å². The molecule has 0 fully saturated rings. The van der Waals surface area contributed by atoms with Crippen molar-refractivity contribution >= 4 is 28.7 Å². The lowest BCUT2D eigenvalue weighted by Crippen LogP contribution is -2.36. The van der Waals surface area contributed by atoms with Crippen molar-refractivity contribution in [1.29, 1.82) is 0 Å². The van der Waals surface area contributed by atoms with E-state index >= 15 is 0 Å². The van der Waals surface area contributed by atoms with Crippen LogP contribution in [0.15, 0.2) is 72.8 Å². The van der Waals surface area contributed by atoms with Crippen molar-refractivity contribution < 1.29 is 14.3 Å². The van der Waals surface area contributed by atoms with Gasteiger partial charge in [0.1, 0.15) is 5.75 Å². The van der Waals surface area contributed by atoms with Crippen molar-refractivity contribution in [3.63, 3.8) is 0 Å². The fourth-order valence-corrected chi connectivity index (χ4v) is 3.34. The number of rotatable bonds is 5. The van der Waals surface area contributed by atoms with Gasteiger partial charge in [-0.3, -0.25) is 14.5 Å². The molecule has 0 aliphatic rings. The van der Waals surface area contributed by atoms with E-state index in [9.17, 15) is 9.59 Å². The van der Waals surface area contributed by atoms with E-state index in [0.29, 0.717) is 0 Å². The molecule has 0 aliphatic carbocycles. The Morgan fingerprint density at radius 2 is 1.64 bits per heavy atom. The summed E-state index contributed by atoms with van der Waals surface area (Å²) in [6, 6.07) is 20.9. The first-order valence-corrected chi connectivity index (χ1v) is 9.15. The number of imide groups is 1. The lowest BCUT2D eigenvalue weighted by atomic mass is 9.98. The predicted molar refractivity (Wildman–Crippen MR) is 112 cm³/mol. The molecular weight excluding hydrogens is 350 g/mol. The Morgan fingerprint density at radius 3 is 2.32 bits per heavy atom. The van der Waals surface area contributed by atoms with Crippen molar-refractivity contribution in [2.45, 2.75) is 19.9 Å². The minimum absolute atomic E-state index is 0.287. The maximum Gasteiger partial charge on any atom is 0.253 e. The largest absolute Gasteiger partial charge is 0.497 e. The quantitative estimate of drug-likeness (QED) is 0.592. The van der Waals surface area contributed by atoms with Gasteiger partial charge in [0, 0.05) is 13.0 Å². The van der Waals surface area contributed by atoms with Crippen molar-refractivity contribution in [3.05, 3.63) is 83.9 Å². The number of fused-ring (bicyclic) bond motifs is 1. The number of hydrogen-bond donors (Lipinski definition) is 0. The Hall–Kier alpha value is -3.40. The van der Waals surface area contributed by atoms with Gasteiger partial charge in [-0.25, -0.2) is 0 Å². The molecule has 28 heavy (non-hydrogen) atoms. The monoisotopic (exact) mass is 373 g/mol. The summed E-state index contributed by atoms with van der Waals surface area (Å²) in [5.74, 6) is 0.118. The predicted octanol–water partition coefficient (Wildman–Crippen LogP) is 5.00. The fourth-order valence-electron chi connectivity index (χ4n) is 3.34. The zero-order chi connectivity index (χ0) is 20.1. The topological polar surface area (TPSA) is 46.6 Å². The molecule has 3 rings (SSSR count). The first-order chi connectivity index (χ1) is 13.5. The maximum absolute atomic E-state index is 12.8. The van der Waals surface area contributed by atoms with E-state index in [1.807, 2.05) is 73.7 Å². The number of benzene rings is 3. The molecule has 0 radical (unpaired) electrons. The SMILES string of the molecule is COc1ccc(/C=C/C(=O)N(C(C)=O)C(C)c2cccc3ccccc23)cc1. The average molecular weight is 373 g/mol. The van der Waals surface area contributed by atoms with Gasteiger partial charge in [0.15, 0.2) is 0 Å². The lowest BCUT2D eigenvalue weighted by Gasteiger charge is -2.26. The minimum Gasteiger partial charge on any atom is -0.497 e. The standard InChI is InChI=1S/C24H23NO3/c1-17(22-10-6-8-20-7-4-5-9-23(20)22)25(18(2)26)24(27)16-13-19-11-14-21(28-3)15-12-19/h4-17H,1-3H3/b16-13+. The van der Waals surface area contributed by atoms with E-state index in [-0.39, 0.29) is 17.9 Å². The molecule has 3 aromatic carbocycles. The molecule has 1 unspecified atom stereocenters. The number of methoxy groups -OCH3 is 1. The molecule has 0 aromatic heterocycles. The first-order valence-electron chi connectivity index (χ1n) is 9.15. The summed E-state index contributed by atoms with van der Waals surface area (Å²) >= 11 is 0. The number of carbonyl (C=O) groups excluding carboxylic acids is 2. The van der Waals surface area contributed by atoms with E-state index in [2.05, 4.69) is 0 Å². The zero-order valence-corrected chi connectivity index (χ0v) is 16.3. The van der Waals surface area contributed by atoms with Crippen LogP contribution in [0.25, 0.3) is 16.8 Å². The van der Waals surface area contributed by atoms with Gasteiger partial charge in [0.25, 0.3) is 5.91 Å². The minimum atomic E-state index is -0.378. The smallest absolute Gasteiger partial charge is 0.253 e. The second-order valence-electron chi connectivity index (χ2n) is 6.58. The Labute approximate surface area is 165 Å². The molecular formula is C24H23NO3. The molecule has 0 N–H and O–H groups in total. The Balaban J connectivity index is 1.88. The van der Waals surface area contributed by atoms with Gasteiger partial charge in [-0.1, -0.05) is 54.6 Å². The number of hydrogen-bond acceptors (Lipinski definition) is 3. The lowest BCUT2D eigenvalue weighted by molar-refractivity contribution is -0.142. The molecule has 142 valence electrons. The van der Waals surface area contributed by atoms with Crippen LogP contribution in [-0.2, 0) is 9.59 Å². The van der Waals surface area contributed by atoms with Gasteiger partial charge < -0.3 is 4.74 Å². The summed E-state index contributed by atoms with van der Waals surface area (Å²) in [5.41, 5.74) is 1.80. The van der Waals surface area contributed by atoms with Gasteiger partial charge in [0.05, 0.1) is 13.2 Å². The summed E-state index contributed by atoms with van der Waals surface area (Å²) in [7, 11) is 1.60. The van der Waals surface area contributed by atoms with Crippen molar-refractivity contribution in [3.8, 4) is 5.75 Å². The van der Waals surface area contributed by atoms with E-state index in [1.165, 1.54) is 17.9 Å². The van der Waals surface area contributed by atoms with Crippen LogP contribution in [-0.4, -0.2) is 23.8 Å². The molecule has 4 nitrogen and oxygen atoms in total. The third-order valence-electron chi connectivity index (χ3n) is 4.77. The van der Waals surface area contributed by atoms with Crippen LogP contribution in [0.4, 0.5) is 0 Å². The van der Waals surface area contributed by atoms with E-state index in [0.717, 1.165) is 27.6 Å². The Morgan fingerprint density at radius 1 is 0.964 bits per heavy atom. The molecule has 1 atom stereocenters.